The zero-order chi connectivity index (χ0) is 12.7. The molecule has 17 heavy (non-hydrogen) atoms. The highest BCUT2D eigenvalue weighted by Crippen LogP contribution is 2.03. The lowest BCUT2D eigenvalue weighted by molar-refractivity contribution is 0.0952. The second kappa shape index (κ2) is 6.64. The van der Waals surface area contributed by atoms with Crippen molar-refractivity contribution < 1.29 is 4.79 Å². The number of carbonyl (C=O) groups excluding carboxylic acids is 1. The number of rotatable bonds is 5. The zero-order valence-corrected chi connectivity index (χ0v) is 10.2. The number of aromatic nitrogens is 1. The van der Waals surface area contributed by atoms with E-state index in [-0.39, 0.29) is 5.91 Å². The Labute approximate surface area is 102 Å². The van der Waals surface area contributed by atoms with E-state index >= 15 is 0 Å². The van der Waals surface area contributed by atoms with Gasteiger partial charge in [-0.1, -0.05) is 13.8 Å². The van der Waals surface area contributed by atoms with Crippen LogP contribution in [0.4, 0.5) is 0 Å². The summed E-state index contributed by atoms with van der Waals surface area (Å²) in [5.41, 5.74) is 0.841. The maximum Gasteiger partial charge on any atom is 0.252 e. The van der Waals surface area contributed by atoms with Gasteiger partial charge < -0.3 is 5.32 Å². The summed E-state index contributed by atoms with van der Waals surface area (Å²) in [4.78, 5) is 15.5. The smallest absolute Gasteiger partial charge is 0.252 e. The maximum absolute atomic E-state index is 11.7. The lowest BCUT2D eigenvalue weighted by Crippen LogP contribution is -2.24. The van der Waals surface area contributed by atoms with Gasteiger partial charge in [-0.2, -0.15) is 5.26 Å². The fourth-order valence-corrected chi connectivity index (χ4v) is 1.44. The fourth-order valence-electron chi connectivity index (χ4n) is 1.44. The number of hydrogen-bond donors (Lipinski definition) is 1. The first-order valence-electron chi connectivity index (χ1n) is 5.77. The highest BCUT2D eigenvalue weighted by atomic mass is 16.1. The highest BCUT2D eigenvalue weighted by Gasteiger charge is 2.06. The number of amides is 1. The molecule has 0 saturated carbocycles. The number of carbonyl (C=O) groups is 1. The second-order valence-corrected chi connectivity index (χ2v) is 4.37. The molecular formula is C13H17N3O. The molecule has 0 bridgehead atoms. The van der Waals surface area contributed by atoms with Crippen LogP contribution in [0.15, 0.2) is 18.5 Å². The Morgan fingerprint density at radius 3 is 2.94 bits per heavy atom. The number of nitrogens with zero attached hydrogens (tertiary/aromatic N) is 2. The van der Waals surface area contributed by atoms with Gasteiger partial charge in [-0.25, -0.2) is 0 Å². The average Bonchev–Trinajstić information content (AvgIpc) is 2.34. The standard InChI is InChI=1S/C13H17N3O/c1-10(2)4-3-5-16-13(17)12-6-11(7-14)8-15-9-12/h6,8-10H,3-5H2,1-2H3,(H,16,17). The molecule has 0 saturated heterocycles. The first-order valence-corrected chi connectivity index (χ1v) is 5.77. The van der Waals surface area contributed by atoms with Gasteiger partial charge in [-0.15, -0.1) is 0 Å². The minimum atomic E-state index is -0.168. The molecule has 0 spiro atoms. The van der Waals surface area contributed by atoms with E-state index in [9.17, 15) is 4.79 Å². The van der Waals surface area contributed by atoms with Crippen molar-refractivity contribution in [1.29, 1.82) is 5.26 Å². The van der Waals surface area contributed by atoms with Crippen molar-refractivity contribution in [2.24, 2.45) is 5.92 Å². The quantitative estimate of drug-likeness (QED) is 0.789. The Bertz CT molecular complexity index is 421. The summed E-state index contributed by atoms with van der Waals surface area (Å²) in [6, 6.07) is 3.51. The molecule has 4 nitrogen and oxygen atoms in total. The molecule has 0 unspecified atom stereocenters. The molecule has 1 N–H and O–H groups in total. The number of hydrogen-bond acceptors (Lipinski definition) is 3. The monoisotopic (exact) mass is 231 g/mol. The van der Waals surface area contributed by atoms with Crippen LogP contribution in [0.5, 0.6) is 0 Å². The SMILES string of the molecule is CC(C)CCCNC(=O)c1cncc(C#N)c1. The van der Waals surface area contributed by atoms with Crippen LogP contribution < -0.4 is 5.32 Å². The zero-order valence-electron chi connectivity index (χ0n) is 10.2. The first kappa shape index (κ1) is 13.2. The molecule has 0 aliphatic heterocycles. The maximum atomic E-state index is 11.7. The summed E-state index contributed by atoms with van der Waals surface area (Å²) in [5, 5.41) is 11.5. The van der Waals surface area contributed by atoms with Gasteiger partial charge in [0.05, 0.1) is 11.1 Å². The third-order valence-electron chi connectivity index (χ3n) is 2.37. The lowest BCUT2D eigenvalue weighted by Gasteiger charge is -2.06. The van der Waals surface area contributed by atoms with Crippen molar-refractivity contribution in [3.8, 4) is 6.07 Å². The van der Waals surface area contributed by atoms with Crippen molar-refractivity contribution in [2.75, 3.05) is 6.54 Å². The van der Waals surface area contributed by atoms with Crippen molar-refractivity contribution in [2.45, 2.75) is 26.7 Å². The summed E-state index contributed by atoms with van der Waals surface area (Å²) >= 11 is 0. The van der Waals surface area contributed by atoms with Crippen molar-refractivity contribution in [3.05, 3.63) is 29.6 Å². The summed E-state index contributed by atoms with van der Waals surface area (Å²) < 4.78 is 0. The molecular weight excluding hydrogens is 214 g/mol. The summed E-state index contributed by atoms with van der Waals surface area (Å²) in [5.74, 6) is 0.480. The third-order valence-corrected chi connectivity index (χ3v) is 2.37. The van der Waals surface area contributed by atoms with Gasteiger partial charge in [0.2, 0.25) is 0 Å². The van der Waals surface area contributed by atoms with E-state index in [0.717, 1.165) is 12.8 Å². The molecule has 0 fully saturated rings. The van der Waals surface area contributed by atoms with E-state index in [2.05, 4.69) is 24.1 Å². The topological polar surface area (TPSA) is 65.8 Å². The molecule has 1 aromatic rings. The Balaban J connectivity index is 2.44. The molecule has 0 aliphatic rings. The molecule has 90 valence electrons. The van der Waals surface area contributed by atoms with Gasteiger partial charge >= 0.3 is 0 Å². The van der Waals surface area contributed by atoms with Gasteiger partial charge in [0, 0.05) is 18.9 Å². The van der Waals surface area contributed by atoms with Crippen molar-refractivity contribution in [3.63, 3.8) is 0 Å². The normalized spacial score (nSPS) is 10.0. The van der Waals surface area contributed by atoms with Crippen molar-refractivity contribution >= 4 is 5.91 Å². The van der Waals surface area contributed by atoms with Crippen LogP contribution >= 0.6 is 0 Å². The molecule has 1 heterocycles. The Hall–Kier alpha value is -1.89. The number of nitrogens with one attached hydrogen (secondary N) is 1. The predicted octanol–water partition coefficient (Wildman–Crippen LogP) is 2.12. The van der Waals surface area contributed by atoms with Gasteiger partial charge in [-0.05, 0) is 24.8 Å². The molecule has 1 aromatic heterocycles. The lowest BCUT2D eigenvalue weighted by atomic mass is 10.1. The van der Waals surface area contributed by atoms with E-state index in [1.807, 2.05) is 6.07 Å². The van der Waals surface area contributed by atoms with Crippen LogP contribution in [0.3, 0.4) is 0 Å². The van der Waals surface area contributed by atoms with E-state index in [1.165, 1.54) is 12.4 Å². The molecule has 0 radical (unpaired) electrons. The van der Waals surface area contributed by atoms with E-state index in [1.54, 1.807) is 6.07 Å². The highest BCUT2D eigenvalue weighted by molar-refractivity contribution is 5.94. The third kappa shape index (κ3) is 4.64. The van der Waals surface area contributed by atoms with Gasteiger partial charge in [0.25, 0.3) is 5.91 Å². The predicted molar refractivity (Wildman–Crippen MR) is 65.4 cm³/mol. The molecule has 0 aliphatic carbocycles. The molecule has 0 aromatic carbocycles. The van der Waals surface area contributed by atoms with E-state index in [0.29, 0.717) is 23.6 Å². The summed E-state index contributed by atoms with van der Waals surface area (Å²) in [6.45, 7) is 4.97. The molecule has 0 atom stereocenters. The van der Waals surface area contributed by atoms with Gasteiger partial charge in [-0.3, -0.25) is 9.78 Å². The van der Waals surface area contributed by atoms with Gasteiger partial charge in [0.15, 0.2) is 0 Å². The van der Waals surface area contributed by atoms with Gasteiger partial charge in [0.1, 0.15) is 6.07 Å². The number of pyridine rings is 1. The Morgan fingerprint density at radius 2 is 2.29 bits per heavy atom. The fraction of sp³-hybridized carbons (Fsp3) is 0.462. The Morgan fingerprint density at radius 1 is 1.53 bits per heavy atom. The van der Waals surface area contributed by atoms with Crippen LogP contribution in [0, 0.1) is 17.2 Å². The van der Waals surface area contributed by atoms with E-state index in [4.69, 9.17) is 5.26 Å². The van der Waals surface area contributed by atoms with Crippen LogP contribution in [0.25, 0.3) is 0 Å². The summed E-state index contributed by atoms with van der Waals surface area (Å²) in [6.07, 6.45) is 4.97. The minimum Gasteiger partial charge on any atom is -0.352 e. The van der Waals surface area contributed by atoms with E-state index < -0.39 is 0 Å². The summed E-state index contributed by atoms with van der Waals surface area (Å²) in [7, 11) is 0. The van der Waals surface area contributed by atoms with Crippen LogP contribution in [-0.4, -0.2) is 17.4 Å². The largest absolute Gasteiger partial charge is 0.352 e. The first-order chi connectivity index (χ1) is 8.13. The van der Waals surface area contributed by atoms with Crippen LogP contribution in [-0.2, 0) is 0 Å². The number of nitriles is 1. The molecule has 1 amide bonds. The van der Waals surface area contributed by atoms with Crippen LogP contribution in [0.1, 0.15) is 42.6 Å². The van der Waals surface area contributed by atoms with Crippen LogP contribution in [0.2, 0.25) is 0 Å². The Kier molecular flexibility index (Phi) is 5.15. The average molecular weight is 231 g/mol. The van der Waals surface area contributed by atoms with Crippen molar-refractivity contribution in [1.82, 2.24) is 10.3 Å². The molecule has 4 heteroatoms. The minimum absolute atomic E-state index is 0.168. The second-order valence-electron chi connectivity index (χ2n) is 4.37. The molecule has 1 rings (SSSR count).